The SMILES string of the molecule is COC#N.NNC(=O)CCCCC(=O)NN. The van der Waals surface area contributed by atoms with Crippen LogP contribution in [-0.2, 0) is 14.3 Å². The molecule has 0 rings (SSSR count). The summed E-state index contributed by atoms with van der Waals surface area (Å²) in [4.78, 5) is 21.1. The van der Waals surface area contributed by atoms with Crippen LogP contribution >= 0.6 is 0 Å². The van der Waals surface area contributed by atoms with Gasteiger partial charge in [0.05, 0.1) is 7.11 Å². The Morgan fingerprint density at radius 2 is 1.50 bits per heavy atom. The largest absolute Gasteiger partial charge is 0.431 e. The quantitative estimate of drug-likeness (QED) is 0.151. The molecule has 0 atom stereocenters. The molecule has 0 saturated heterocycles. The molecule has 0 unspecified atom stereocenters. The van der Waals surface area contributed by atoms with Crippen LogP contribution in [0.25, 0.3) is 0 Å². The highest BCUT2D eigenvalue weighted by atomic mass is 16.5. The maximum atomic E-state index is 10.6. The summed E-state index contributed by atoms with van der Waals surface area (Å²) in [6.07, 6.45) is 3.38. The van der Waals surface area contributed by atoms with E-state index < -0.39 is 0 Å². The molecule has 0 saturated carbocycles. The number of nitriles is 1. The molecule has 6 N–H and O–H groups in total. The van der Waals surface area contributed by atoms with Gasteiger partial charge in [0, 0.05) is 12.8 Å². The molecule has 0 aliphatic rings. The lowest BCUT2D eigenvalue weighted by atomic mass is 10.2. The van der Waals surface area contributed by atoms with E-state index in [0.29, 0.717) is 25.7 Å². The number of amides is 2. The summed E-state index contributed by atoms with van der Waals surface area (Å²) in [5.74, 6) is 9.24. The summed E-state index contributed by atoms with van der Waals surface area (Å²) in [5, 5.41) is 7.40. The number of hydrogen-bond acceptors (Lipinski definition) is 6. The second kappa shape index (κ2) is 13.2. The highest BCUT2D eigenvalue weighted by molar-refractivity contribution is 5.76. The molecule has 92 valence electrons. The van der Waals surface area contributed by atoms with E-state index in [2.05, 4.69) is 4.74 Å². The summed E-state index contributed by atoms with van der Waals surface area (Å²) < 4.78 is 3.85. The van der Waals surface area contributed by atoms with Crippen LogP contribution in [0.2, 0.25) is 0 Å². The number of nitrogens with one attached hydrogen (secondary N) is 2. The molecule has 0 spiro atoms. The molecular weight excluding hydrogens is 214 g/mol. The van der Waals surface area contributed by atoms with E-state index in [9.17, 15) is 9.59 Å². The molecule has 0 aliphatic heterocycles. The van der Waals surface area contributed by atoms with Crippen molar-refractivity contribution in [1.82, 2.24) is 10.9 Å². The van der Waals surface area contributed by atoms with E-state index in [1.54, 1.807) is 0 Å². The van der Waals surface area contributed by atoms with Crippen LogP contribution in [0.4, 0.5) is 0 Å². The van der Waals surface area contributed by atoms with E-state index in [1.165, 1.54) is 13.4 Å². The molecule has 8 heteroatoms. The fourth-order valence-corrected chi connectivity index (χ4v) is 0.715. The van der Waals surface area contributed by atoms with Crippen molar-refractivity contribution in [2.24, 2.45) is 11.7 Å². The van der Waals surface area contributed by atoms with Crippen molar-refractivity contribution in [2.45, 2.75) is 25.7 Å². The van der Waals surface area contributed by atoms with Gasteiger partial charge in [0.2, 0.25) is 11.8 Å². The van der Waals surface area contributed by atoms with Gasteiger partial charge < -0.3 is 4.74 Å². The number of carbonyl (C=O) groups excluding carboxylic acids is 2. The van der Waals surface area contributed by atoms with Gasteiger partial charge in [0.15, 0.2) is 0 Å². The van der Waals surface area contributed by atoms with E-state index in [1.807, 2.05) is 10.9 Å². The Kier molecular flexibility index (Phi) is 13.6. The molecule has 0 radical (unpaired) electrons. The molecule has 0 aromatic heterocycles. The number of methoxy groups -OCH3 is 1. The molecule has 0 aromatic carbocycles. The van der Waals surface area contributed by atoms with Gasteiger partial charge in [-0.2, -0.15) is 5.26 Å². The molecule has 0 heterocycles. The minimum Gasteiger partial charge on any atom is -0.431 e. The first-order valence-corrected chi connectivity index (χ1v) is 4.53. The Bertz CT molecular complexity index is 220. The topological polar surface area (TPSA) is 143 Å². The fraction of sp³-hybridized carbons (Fsp3) is 0.625. The lowest BCUT2D eigenvalue weighted by Gasteiger charge is -1.99. The smallest absolute Gasteiger partial charge is 0.286 e. The average Bonchev–Trinajstić information content (AvgIpc) is 2.34. The molecule has 0 fully saturated rings. The van der Waals surface area contributed by atoms with Crippen LogP contribution in [0.1, 0.15) is 25.7 Å². The van der Waals surface area contributed by atoms with E-state index in [4.69, 9.17) is 16.9 Å². The standard InChI is InChI=1S/C6H14N4O2.C2H3NO/c7-9-5(11)3-1-2-4-6(12)10-8;1-4-2-3/h1-4,7-8H2,(H,9,11)(H,10,12);1H3. The van der Waals surface area contributed by atoms with E-state index in [0.717, 1.165) is 0 Å². The molecular formula is C8H17N5O3. The Balaban J connectivity index is 0. The van der Waals surface area contributed by atoms with Crippen molar-refractivity contribution in [1.29, 1.82) is 5.26 Å². The summed E-state index contributed by atoms with van der Waals surface area (Å²) in [6, 6.07) is 0. The normalized spacial score (nSPS) is 7.88. The summed E-state index contributed by atoms with van der Waals surface area (Å²) in [5.41, 5.74) is 4.01. The molecule has 0 aromatic rings. The Hall–Kier alpha value is -1.85. The number of ether oxygens (including phenoxy) is 1. The molecule has 0 aliphatic carbocycles. The Morgan fingerprint density at radius 3 is 1.69 bits per heavy atom. The summed E-state index contributed by atoms with van der Waals surface area (Å²) in [7, 11) is 1.32. The summed E-state index contributed by atoms with van der Waals surface area (Å²) in [6.45, 7) is 0. The maximum Gasteiger partial charge on any atom is 0.286 e. The maximum absolute atomic E-state index is 10.6. The zero-order valence-electron chi connectivity index (χ0n) is 9.16. The third-order valence-electron chi connectivity index (χ3n) is 1.47. The first-order valence-electron chi connectivity index (χ1n) is 4.53. The van der Waals surface area contributed by atoms with Gasteiger partial charge in [-0.15, -0.1) is 0 Å². The minimum absolute atomic E-state index is 0.219. The molecule has 16 heavy (non-hydrogen) atoms. The van der Waals surface area contributed by atoms with Crippen LogP contribution in [0.15, 0.2) is 0 Å². The first-order chi connectivity index (χ1) is 7.62. The molecule has 0 bridgehead atoms. The second-order valence-corrected chi connectivity index (χ2v) is 2.64. The van der Waals surface area contributed by atoms with Gasteiger partial charge in [-0.25, -0.2) is 11.7 Å². The average molecular weight is 231 g/mol. The van der Waals surface area contributed by atoms with Crippen molar-refractivity contribution in [3.05, 3.63) is 0 Å². The van der Waals surface area contributed by atoms with Crippen LogP contribution in [0, 0.1) is 11.5 Å². The van der Waals surface area contributed by atoms with Crippen molar-refractivity contribution in [3.8, 4) is 6.26 Å². The Labute approximate surface area is 93.8 Å². The lowest BCUT2D eigenvalue weighted by molar-refractivity contribution is -0.123. The van der Waals surface area contributed by atoms with Gasteiger partial charge in [-0.3, -0.25) is 20.4 Å². The van der Waals surface area contributed by atoms with E-state index >= 15 is 0 Å². The lowest BCUT2D eigenvalue weighted by Crippen LogP contribution is -2.30. The van der Waals surface area contributed by atoms with Crippen LogP contribution < -0.4 is 22.5 Å². The number of hydrazine groups is 2. The number of nitrogens with two attached hydrogens (primary N) is 2. The predicted molar refractivity (Wildman–Crippen MR) is 55.8 cm³/mol. The van der Waals surface area contributed by atoms with Crippen molar-refractivity contribution in [3.63, 3.8) is 0 Å². The van der Waals surface area contributed by atoms with E-state index in [-0.39, 0.29) is 11.8 Å². The second-order valence-electron chi connectivity index (χ2n) is 2.64. The van der Waals surface area contributed by atoms with Gasteiger partial charge >= 0.3 is 0 Å². The van der Waals surface area contributed by atoms with Crippen LogP contribution in [0.5, 0.6) is 0 Å². The van der Waals surface area contributed by atoms with Gasteiger partial charge in [-0.1, -0.05) is 0 Å². The van der Waals surface area contributed by atoms with Gasteiger partial charge in [-0.05, 0) is 12.8 Å². The zero-order chi connectivity index (χ0) is 12.8. The predicted octanol–water partition coefficient (Wildman–Crippen LogP) is -1.36. The monoisotopic (exact) mass is 231 g/mol. The molecule has 2 amide bonds. The number of unbranched alkanes of at least 4 members (excludes halogenated alkanes) is 1. The number of hydrogen-bond donors (Lipinski definition) is 4. The third kappa shape index (κ3) is 14.7. The summed E-state index contributed by atoms with van der Waals surface area (Å²) >= 11 is 0. The fourth-order valence-electron chi connectivity index (χ4n) is 0.715. The number of carbonyl (C=O) groups is 2. The number of nitrogens with zero attached hydrogens (tertiary/aromatic N) is 1. The van der Waals surface area contributed by atoms with Crippen molar-refractivity contribution >= 4 is 11.8 Å². The van der Waals surface area contributed by atoms with Crippen LogP contribution in [-0.4, -0.2) is 18.9 Å². The number of rotatable bonds is 5. The van der Waals surface area contributed by atoms with Gasteiger partial charge in [0.25, 0.3) is 6.26 Å². The van der Waals surface area contributed by atoms with Crippen molar-refractivity contribution < 1.29 is 14.3 Å². The molecule has 8 nitrogen and oxygen atoms in total. The first kappa shape index (κ1) is 16.6. The van der Waals surface area contributed by atoms with Crippen molar-refractivity contribution in [2.75, 3.05) is 7.11 Å². The highest BCUT2D eigenvalue weighted by Gasteiger charge is 2.00. The third-order valence-corrected chi connectivity index (χ3v) is 1.47. The highest BCUT2D eigenvalue weighted by Crippen LogP contribution is 1.98. The minimum atomic E-state index is -0.219. The Morgan fingerprint density at radius 1 is 1.19 bits per heavy atom. The van der Waals surface area contributed by atoms with Gasteiger partial charge in [0.1, 0.15) is 0 Å². The van der Waals surface area contributed by atoms with Crippen LogP contribution in [0.3, 0.4) is 0 Å². The zero-order valence-corrected chi connectivity index (χ0v) is 9.16.